The first-order valence-corrected chi connectivity index (χ1v) is 6.58. The van der Waals surface area contributed by atoms with Crippen molar-refractivity contribution in [2.45, 2.75) is 70.4 Å². The zero-order chi connectivity index (χ0) is 10.7. The standard InChI is InChI=1S/C13H23NO/c1-2-11-6-4-3-5-9-14(11)12-7-8-13(15)10-12/h11-12H,2-10H2,1H3. The van der Waals surface area contributed by atoms with Crippen LogP contribution in [0, 0.1) is 0 Å². The van der Waals surface area contributed by atoms with Crippen molar-refractivity contribution in [1.82, 2.24) is 4.90 Å². The lowest BCUT2D eigenvalue weighted by molar-refractivity contribution is -0.117. The third-order valence-corrected chi connectivity index (χ3v) is 4.08. The number of carbonyl (C=O) groups excluding carboxylic acids is 1. The number of rotatable bonds is 2. The van der Waals surface area contributed by atoms with Crippen molar-refractivity contribution in [3.63, 3.8) is 0 Å². The van der Waals surface area contributed by atoms with E-state index in [2.05, 4.69) is 11.8 Å². The SMILES string of the molecule is CCC1CCCCCN1C1CCC(=O)C1. The minimum Gasteiger partial charge on any atom is -0.300 e. The van der Waals surface area contributed by atoms with Crippen LogP contribution in [0.4, 0.5) is 0 Å². The molecule has 2 unspecified atom stereocenters. The first kappa shape index (κ1) is 11.1. The molecule has 0 aromatic carbocycles. The summed E-state index contributed by atoms with van der Waals surface area (Å²) in [6.45, 7) is 3.52. The molecule has 0 aromatic heterocycles. The van der Waals surface area contributed by atoms with Crippen LogP contribution >= 0.6 is 0 Å². The molecule has 15 heavy (non-hydrogen) atoms. The van der Waals surface area contributed by atoms with Gasteiger partial charge >= 0.3 is 0 Å². The summed E-state index contributed by atoms with van der Waals surface area (Å²) in [4.78, 5) is 14.0. The number of carbonyl (C=O) groups is 1. The Bertz CT molecular complexity index is 227. The predicted octanol–water partition coefficient (Wildman–Crippen LogP) is 2.76. The van der Waals surface area contributed by atoms with Crippen molar-refractivity contribution in [3.05, 3.63) is 0 Å². The third kappa shape index (κ3) is 2.60. The first-order valence-electron chi connectivity index (χ1n) is 6.58. The van der Waals surface area contributed by atoms with E-state index in [0.717, 1.165) is 25.3 Å². The van der Waals surface area contributed by atoms with Gasteiger partial charge in [0.2, 0.25) is 0 Å². The van der Waals surface area contributed by atoms with Gasteiger partial charge in [0.1, 0.15) is 5.78 Å². The van der Waals surface area contributed by atoms with Gasteiger partial charge in [-0.3, -0.25) is 9.69 Å². The molecule has 0 amide bonds. The quantitative estimate of drug-likeness (QED) is 0.697. The van der Waals surface area contributed by atoms with Crippen molar-refractivity contribution < 1.29 is 4.79 Å². The molecule has 2 atom stereocenters. The summed E-state index contributed by atoms with van der Waals surface area (Å²) < 4.78 is 0. The number of hydrogen-bond donors (Lipinski definition) is 0. The van der Waals surface area contributed by atoms with E-state index in [1.165, 1.54) is 38.6 Å². The van der Waals surface area contributed by atoms with Crippen molar-refractivity contribution in [1.29, 1.82) is 0 Å². The lowest BCUT2D eigenvalue weighted by atomic mass is 10.1. The second-order valence-corrected chi connectivity index (χ2v) is 5.08. The van der Waals surface area contributed by atoms with E-state index in [-0.39, 0.29) is 0 Å². The molecule has 2 heteroatoms. The number of hydrogen-bond acceptors (Lipinski definition) is 2. The molecule has 1 saturated heterocycles. The van der Waals surface area contributed by atoms with Crippen molar-refractivity contribution in [2.24, 2.45) is 0 Å². The van der Waals surface area contributed by atoms with Crippen LogP contribution in [0.2, 0.25) is 0 Å². The lowest BCUT2D eigenvalue weighted by Gasteiger charge is -2.34. The summed E-state index contributed by atoms with van der Waals surface area (Å²) in [6.07, 6.45) is 9.49. The van der Waals surface area contributed by atoms with Gasteiger partial charge in [0.05, 0.1) is 0 Å². The Labute approximate surface area is 93.0 Å². The molecular formula is C13H23NO. The zero-order valence-electron chi connectivity index (χ0n) is 9.87. The Kier molecular flexibility index (Phi) is 3.79. The van der Waals surface area contributed by atoms with Crippen LogP contribution in [0.25, 0.3) is 0 Å². The van der Waals surface area contributed by atoms with Crippen LogP contribution in [0.5, 0.6) is 0 Å². The van der Waals surface area contributed by atoms with Crippen molar-refractivity contribution in [2.75, 3.05) is 6.54 Å². The maximum atomic E-state index is 11.4. The molecule has 1 heterocycles. The van der Waals surface area contributed by atoms with Crippen LogP contribution in [-0.2, 0) is 4.79 Å². The molecule has 2 aliphatic rings. The van der Waals surface area contributed by atoms with E-state index in [0.29, 0.717) is 11.8 Å². The first-order chi connectivity index (χ1) is 7.31. The predicted molar refractivity (Wildman–Crippen MR) is 61.9 cm³/mol. The molecule has 0 radical (unpaired) electrons. The third-order valence-electron chi connectivity index (χ3n) is 4.08. The second-order valence-electron chi connectivity index (χ2n) is 5.08. The van der Waals surface area contributed by atoms with E-state index < -0.39 is 0 Å². The molecule has 1 aliphatic carbocycles. The Morgan fingerprint density at radius 1 is 1.27 bits per heavy atom. The smallest absolute Gasteiger partial charge is 0.134 e. The molecule has 1 saturated carbocycles. The Balaban J connectivity index is 1.99. The fourth-order valence-corrected chi connectivity index (χ4v) is 3.20. The van der Waals surface area contributed by atoms with Gasteiger partial charge in [-0.15, -0.1) is 0 Å². The normalized spacial score (nSPS) is 34.3. The average Bonchev–Trinajstić information content (AvgIpc) is 2.54. The Morgan fingerprint density at radius 3 is 2.80 bits per heavy atom. The van der Waals surface area contributed by atoms with Crippen LogP contribution in [0.1, 0.15) is 58.3 Å². The minimum atomic E-state index is 0.485. The van der Waals surface area contributed by atoms with Gasteiger partial charge in [0, 0.05) is 24.9 Å². The van der Waals surface area contributed by atoms with Crippen LogP contribution in [0.15, 0.2) is 0 Å². The average molecular weight is 209 g/mol. The second kappa shape index (κ2) is 5.11. The summed E-state index contributed by atoms with van der Waals surface area (Å²) in [6, 6.07) is 1.34. The van der Waals surface area contributed by atoms with Crippen molar-refractivity contribution in [3.8, 4) is 0 Å². The van der Waals surface area contributed by atoms with Crippen LogP contribution < -0.4 is 0 Å². The number of likely N-dealkylation sites (tertiary alicyclic amines) is 1. The maximum absolute atomic E-state index is 11.4. The zero-order valence-corrected chi connectivity index (χ0v) is 9.87. The molecule has 2 fully saturated rings. The summed E-state index contributed by atoms with van der Waals surface area (Å²) in [7, 11) is 0. The number of nitrogens with zero attached hydrogens (tertiary/aromatic N) is 1. The molecular weight excluding hydrogens is 186 g/mol. The van der Waals surface area contributed by atoms with Gasteiger partial charge in [-0.05, 0) is 32.2 Å². The Hall–Kier alpha value is -0.370. The summed E-state index contributed by atoms with van der Waals surface area (Å²) >= 11 is 0. The topological polar surface area (TPSA) is 20.3 Å². The highest BCUT2D eigenvalue weighted by Crippen LogP contribution is 2.28. The lowest BCUT2D eigenvalue weighted by Crippen LogP contribution is -2.41. The number of Topliss-reactive ketones (excluding diaryl/α,β-unsaturated/α-hetero) is 1. The van der Waals surface area contributed by atoms with Gasteiger partial charge in [-0.2, -0.15) is 0 Å². The van der Waals surface area contributed by atoms with E-state index in [9.17, 15) is 4.79 Å². The monoisotopic (exact) mass is 209 g/mol. The van der Waals surface area contributed by atoms with E-state index in [1.54, 1.807) is 0 Å². The van der Waals surface area contributed by atoms with Crippen molar-refractivity contribution >= 4 is 5.78 Å². The van der Waals surface area contributed by atoms with Gasteiger partial charge < -0.3 is 0 Å². The van der Waals surface area contributed by atoms with Gasteiger partial charge in [-0.1, -0.05) is 19.8 Å². The highest BCUT2D eigenvalue weighted by atomic mass is 16.1. The molecule has 0 N–H and O–H groups in total. The maximum Gasteiger partial charge on any atom is 0.134 e. The minimum absolute atomic E-state index is 0.485. The molecule has 86 valence electrons. The largest absolute Gasteiger partial charge is 0.300 e. The summed E-state index contributed by atoms with van der Waals surface area (Å²) in [5.41, 5.74) is 0. The molecule has 0 spiro atoms. The summed E-state index contributed by atoms with van der Waals surface area (Å²) in [5.74, 6) is 0.485. The van der Waals surface area contributed by atoms with E-state index >= 15 is 0 Å². The fourth-order valence-electron chi connectivity index (χ4n) is 3.20. The fraction of sp³-hybridized carbons (Fsp3) is 0.923. The van der Waals surface area contributed by atoms with Gasteiger partial charge in [0.15, 0.2) is 0 Å². The molecule has 2 nitrogen and oxygen atoms in total. The van der Waals surface area contributed by atoms with Crippen LogP contribution in [-0.4, -0.2) is 29.3 Å². The molecule has 2 rings (SSSR count). The highest BCUT2D eigenvalue weighted by molar-refractivity contribution is 5.81. The molecule has 0 bridgehead atoms. The van der Waals surface area contributed by atoms with E-state index in [1.807, 2.05) is 0 Å². The van der Waals surface area contributed by atoms with E-state index in [4.69, 9.17) is 0 Å². The summed E-state index contributed by atoms with van der Waals surface area (Å²) in [5, 5.41) is 0. The Morgan fingerprint density at radius 2 is 2.13 bits per heavy atom. The molecule has 0 aromatic rings. The van der Waals surface area contributed by atoms with Crippen LogP contribution in [0.3, 0.4) is 0 Å². The number of ketones is 1. The highest BCUT2D eigenvalue weighted by Gasteiger charge is 2.31. The molecule has 1 aliphatic heterocycles. The van der Waals surface area contributed by atoms with Gasteiger partial charge in [-0.25, -0.2) is 0 Å². The van der Waals surface area contributed by atoms with Gasteiger partial charge in [0.25, 0.3) is 0 Å².